The van der Waals surface area contributed by atoms with Gasteiger partial charge in [-0.3, -0.25) is 9.97 Å². The molecule has 2 aromatic heterocycles. The molecule has 0 amide bonds. The summed E-state index contributed by atoms with van der Waals surface area (Å²) >= 11 is 0. The van der Waals surface area contributed by atoms with Crippen LogP contribution in [0.5, 0.6) is 0 Å². The van der Waals surface area contributed by atoms with E-state index in [1.54, 1.807) is 12.4 Å². The highest BCUT2D eigenvalue weighted by Crippen LogP contribution is 2.24. The smallest absolute Gasteiger partial charge is 0.126 e. The maximum Gasteiger partial charge on any atom is 0.126 e. The summed E-state index contributed by atoms with van der Waals surface area (Å²) in [5, 5.41) is 3.44. The first kappa shape index (κ1) is 15.0. The van der Waals surface area contributed by atoms with Gasteiger partial charge in [0.25, 0.3) is 0 Å². The van der Waals surface area contributed by atoms with Gasteiger partial charge in [0.2, 0.25) is 0 Å². The summed E-state index contributed by atoms with van der Waals surface area (Å²) in [4.78, 5) is 8.90. The molecule has 4 rings (SSSR count). The van der Waals surface area contributed by atoms with Gasteiger partial charge in [0.15, 0.2) is 0 Å². The van der Waals surface area contributed by atoms with Crippen molar-refractivity contribution in [2.45, 2.75) is 0 Å². The Bertz CT molecular complexity index is 883. The van der Waals surface area contributed by atoms with Crippen molar-refractivity contribution in [3.05, 3.63) is 120 Å². The standard InChI is InChI=1S/C22H16N3/c1-2-8-17(9-3-1)14-18-15-21(19-10-4-6-12-23-19)25-22(16-18)20-11-5-7-13-24-20/h1-13,15-16,25H/q+1. The monoisotopic (exact) mass is 322 g/mol. The molecule has 3 nitrogen and oxygen atoms in total. The molecule has 25 heavy (non-hydrogen) atoms. The van der Waals surface area contributed by atoms with Crippen LogP contribution in [0.25, 0.3) is 11.4 Å². The number of allylic oxidation sites excluding steroid dienone is 3. The van der Waals surface area contributed by atoms with Gasteiger partial charge in [-0.05, 0) is 42.5 Å². The molecule has 0 saturated heterocycles. The van der Waals surface area contributed by atoms with Gasteiger partial charge in [-0.25, -0.2) is 0 Å². The average Bonchev–Trinajstić information content (AvgIpc) is 2.70. The molecule has 0 spiro atoms. The summed E-state index contributed by atoms with van der Waals surface area (Å²) in [6, 6.07) is 21.9. The summed E-state index contributed by atoms with van der Waals surface area (Å²) in [5.74, 6) is 0. The minimum Gasteiger partial charge on any atom is -0.339 e. The predicted octanol–water partition coefficient (Wildman–Crippen LogP) is 4.24. The van der Waals surface area contributed by atoms with Gasteiger partial charge in [-0.2, -0.15) is 0 Å². The Balaban J connectivity index is 1.78. The number of nitrogens with zero attached hydrogens (tertiary/aromatic N) is 2. The van der Waals surface area contributed by atoms with E-state index in [-0.39, 0.29) is 0 Å². The number of hydrogen-bond donors (Lipinski definition) is 1. The van der Waals surface area contributed by atoms with Gasteiger partial charge in [0.05, 0.1) is 11.4 Å². The van der Waals surface area contributed by atoms with Crippen molar-refractivity contribution < 1.29 is 0 Å². The summed E-state index contributed by atoms with van der Waals surface area (Å²) in [5.41, 5.74) is 5.65. The van der Waals surface area contributed by atoms with Gasteiger partial charge < -0.3 is 5.32 Å². The first-order valence-electron chi connectivity index (χ1n) is 8.11. The van der Waals surface area contributed by atoms with Gasteiger partial charge >= 0.3 is 0 Å². The average molecular weight is 322 g/mol. The van der Waals surface area contributed by atoms with Crippen LogP contribution in [0.4, 0.5) is 0 Å². The molecule has 0 saturated carbocycles. The maximum absolute atomic E-state index is 4.45. The summed E-state index contributed by atoms with van der Waals surface area (Å²) in [6.45, 7) is 0. The van der Waals surface area contributed by atoms with E-state index in [0.717, 1.165) is 33.9 Å². The van der Waals surface area contributed by atoms with E-state index >= 15 is 0 Å². The molecule has 3 heteroatoms. The lowest BCUT2D eigenvalue weighted by atomic mass is 10.0. The fraction of sp³-hybridized carbons (Fsp3) is 0. The highest BCUT2D eigenvalue weighted by molar-refractivity contribution is 5.81. The fourth-order valence-corrected chi connectivity index (χ4v) is 2.65. The van der Waals surface area contributed by atoms with E-state index in [1.807, 2.05) is 66.7 Å². The number of pyridine rings is 2. The van der Waals surface area contributed by atoms with Crippen LogP contribution in [0.3, 0.4) is 0 Å². The Morgan fingerprint density at radius 3 is 1.72 bits per heavy atom. The van der Waals surface area contributed by atoms with Crippen LogP contribution < -0.4 is 5.32 Å². The van der Waals surface area contributed by atoms with Crippen molar-refractivity contribution in [2.24, 2.45) is 0 Å². The SMILES string of the molecule is [C+](=C1C=C(c2ccccn2)NC(c2ccccn2)=C1)c1ccccc1. The number of benzene rings is 1. The minimum atomic E-state index is 0.886. The van der Waals surface area contributed by atoms with E-state index in [0.29, 0.717) is 0 Å². The Morgan fingerprint density at radius 2 is 1.20 bits per heavy atom. The molecule has 0 fully saturated rings. The zero-order valence-corrected chi connectivity index (χ0v) is 13.6. The highest BCUT2D eigenvalue weighted by Gasteiger charge is 2.18. The van der Waals surface area contributed by atoms with E-state index in [4.69, 9.17) is 0 Å². The first-order chi connectivity index (χ1) is 12.4. The molecular weight excluding hydrogens is 306 g/mol. The molecule has 0 unspecified atom stereocenters. The molecular formula is C22H16N3+. The van der Waals surface area contributed by atoms with Crippen molar-refractivity contribution in [1.82, 2.24) is 15.3 Å². The Labute approximate surface area is 147 Å². The minimum absolute atomic E-state index is 0.886. The largest absolute Gasteiger partial charge is 0.339 e. The second kappa shape index (κ2) is 6.91. The van der Waals surface area contributed by atoms with Gasteiger partial charge in [-0.1, -0.05) is 12.1 Å². The number of aromatic nitrogens is 2. The first-order valence-corrected chi connectivity index (χ1v) is 8.11. The third-order valence-electron chi connectivity index (χ3n) is 3.81. The molecule has 118 valence electrons. The lowest BCUT2D eigenvalue weighted by molar-refractivity contribution is 1.12. The summed E-state index contributed by atoms with van der Waals surface area (Å²) < 4.78 is 0. The predicted molar refractivity (Wildman–Crippen MR) is 99.9 cm³/mol. The molecule has 0 atom stereocenters. The van der Waals surface area contributed by atoms with Crippen LogP contribution in [-0.2, 0) is 0 Å². The Hall–Kier alpha value is -3.55. The van der Waals surface area contributed by atoms with Crippen LogP contribution in [0, 0.1) is 6.08 Å². The summed E-state index contributed by atoms with van der Waals surface area (Å²) in [6.07, 6.45) is 11.1. The van der Waals surface area contributed by atoms with Crippen LogP contribution in [0.15, 0.2) is 96.8 Å². The van der Waals surface area contributed by atoms with E-state index in [2.05, 4.69) is 33.5 Å². The zero-order chi connectivity index (χ0) is 16.9. The third-order valence-corrected chi connectivity index (χ3v) is 3.81. The van der Waals surface area contributed by atoms with Gasteiger partial charge in [-0.15, -0.1) is 0 Å². The number of nitrogens with one attached hydrogen (secondary N) is 1. The van der Waals surface area contributed by atoms with Crippen molar-refractivity contribution >= 4 is 11.4 Å². The number of hydrogen-bond acceptors (Lipinski definition) is 3. The second-order valence-corrected chi connectivity index (χ2v) is 5.62. The second-order valence-electron chi connectivity index (χ2n) is 5.62. The Kier molecular flexibility index (Phi) is 4.15. The van der Waals surface area contributed by atoms with E-state index in [1.165, 1.54) is 0 Å². The molecule has 0 bridgehead atoms. The van der Waals surface area contributed by atoms with Crippen molar-refractivity contribution in [2.75, 3.05) is 0 Å². The van der Waals surface area contributed by atoms with Crippen LogP contribution in [0.2, 0.25) is 0 Å². The topological polar surface area (TPSA) is 37.8 Å². The molecule has 1 N–H and O–H groups in total. The van der Waals surface area contributed by atoms with Gasteiger partial charge in [0, 0.05) is 42.8 Å². The number of rotatable bonds is 3. The van der Waals surface area contributed by atoms with E-state index < -0.39 is 0 Å². The van der Waals surface area contributed by atoms with Crippen molar-refractivity contribution in [3.63, 3.8) is 0 Å². The normalized spacial score (nSPS) is 13.4. The lowest BCUT2D eigenvalue weighted by Gasteiger charge is -2.15. The zero-order valence-electron chi connectivity index (χ0n) is 13.6. The van der Waals surface area contributed by atoms with Crippen LogP contribution in [0.1, 0.15) is 17.0 Å². The third kappa shape index (κ3) is 3.52. The highest BCUT2D eigenvalue weighted by atomic mass is 15.0. The molecule has 0 radical (unpaired) electrons. The molecule has 1 aromatic carbocycles. The molecule has 1 aliphatic heterocycles. The number of dihydropyridines is 1. The van der Waals surface area contributed by atoms with Crippen LogP contribution >= 0.6 is 0 Å². The van der Waals surface area contributed by atoms with Crippen molar-refractivity contribution in [3.8, 4) is 0 Å². The quantitative estimate of drug-likeness (QED) is 0.733. The Morgan fingerprint density at radius 1 is 0.640 bits per heavy atom. The molecule has 3 heterocycles. The fourth-order valence-electron chi connectivity index (χ4n) is 2.65. The maximum atomic E-state index is 4.45. The van der Waals surface area contributed by atoms with E-state index in [9.17, 15) is 0 Å². The molecule has 0 aliphatic carbocycles. The lowest BCUT2D eigenvalue weighted by Crippen LogP contribution is -2.16. The molecule has 3 aromatic rings. The van der Waals surface area contributed by atoms with Crippen molar-refractivity contribution in [1.29, 1.82) is 0 Å². The van der Waals surface area contributed by atoms with Crippen LogP contribution in [-0.4, -0.2) is 9.97 Å². The molecule has 1 aliphatic rings. The van der Waals surface area contributed by atoms with Gasteiger partial charge in [0.1, 0.15) is 22.5 Å². The summed E-state index contributed by atoms with van der Waals surface area (Å²) in [7, 11) is 0.